The molecule has 1 aromatic carbocycles. The van der Waals surface area contributed by atoms with Gasteiger partial charge in [0.05, 0.1) is 5.92 Å². The van der Waals surface area contributed by atoms with E-state index in [1.165, 1.54) is 22.2 Å². The van der Waals surface area contributed by atoms with Crippen LogP contribution in [0.2, 0.25) is 0 Å². The van der Waals surface area contributed by atoms with Crippen molar-refractivity contribution in [3.63, 3.8) is 0 Å². The van der Waals surface area contributed by atoms with E-state index in [1.807, 2.05) is 0 Å². The standard InChI is InChI=1S/C17H20N2O/c20-17(19-10-3-4-11-19)14-8-5-7-13-12-6-1-2-9-15(12)18-16(13)14/h1-2,6,9,14,18H,3-5,7-8,10-11H2. The van der Waals surface area contributed by atoms with Crippen LogP contribution in [0, 0.1) is 0 Å². The number of carbonyl (C=O) groups is 1. The Balaban J connectivity index is 1.76. The van der Waals surface area contributed by atoms with Crippen molar-refractivity contribution in [2.75, 3.05) is 13.1 Å². The number of aryl methyl sites for hydroxylation is 1. The highest BCUT2D eigenvalue weighted by molar-refractivity contribution is 5.90. The van der Waals surface area contributed by atoms with E-state index in [0.717, 1.165) is 45.2 Å². The summed E-state index contributed by atoms with van der Waals surface area (Å²) in [4.78, 5) is 18.3. The normalized spacial score (nSPS) is 22.2. The van der Waals surface area contributed by atoms with Crippen LogP contribution >= 0.6 is 0 Å². The third-order valence-electron chi connectivity index (χ3n) is 4.83. The number of carbonyl (C=O) groups excluding carboxylic acids is 1. The van der Waals surface area contributed by atoms with Crippen molar-refractivity contribution < 1.29 is 4.79 Å². The van der Waals surface area contributed by atoms with E-state index in [1.54, 1.807) is 0 Å². The maximum atomic E-state index is 12.7. The lowest BCUT2D eigenvalue weighted by Gasteiger charge is -2.26. The second-order valence-electron chi connectivity index (χ2n) is 6.04. The Morgan fingerprint density at radius 1 is 1.15 bits per heavy atom. The van der Waals surface area contributed by atoms with Crippen molar-refractivity contribution in [1.29, 1.82) is 0 Å². The van der Waals surface area contributed by atoms with Gasteiger partial charge in [-0.15, -0.1) is 0 Å². The van der Waals surface area contributed by atoms with Crippen molar-refractivity contribution in [1.82, 2.24) is 9.88 Å². The highest BCUT2D eigenvalue weighted by Crippen LogP contribution is 2.37. The van der Waals surface area contributed by atoms with Crippen LogP contribution in [0.15, 0.2) is 24.3 Å². The summed E-state index contributed by atoms with van der Waals surface area (Å²) >= 11 is 0. The van der Waals surface area contributed by atoms with E-state index in [0.29, 0.717) is 5.91 Å². The number of rotatable bonds is 1. The van der Waals surface area contributed by atoms with Gasteiger partial charge in [-0.3, -0.25) is 4.79 Å². The van der Waals surface area contributed by atoms with Gasteiger partial charge in [-0.1, -0.05) is 18.2 Å². The smallest absolute Gasteiger partial charge is 0.231 e. The molecular formula is C17H20N2O. The molecule has 1 fully saturated rings. The van der Waals surface area contributed by atoms with Crippen molar-refractivity contribution >= 4 is 16.8 Å². The maximum absolute atomic E-state index is 12.7. The summed E-state index contributed by atoms with van der Waals surface area (Å²) in [5.41, 5.74) is 3.75. The number of hydrogen-bond donors (Lipinski definition) is 1. The molecule has 4 rings (SSSR count). The average Bonchev–Trinajstić information content (AvgIpc) is 3.13. The Morgan fingerprint density at radius 2 is 1.95 bits per heavy atom. The molecule has 104 valence electrons. The molecular weight excluding hydrogens is 248 g/mol. The van der Waals surface area contributed by atoms with Gasteiger partial charge in [-0.25, -0.2) is 0 Å². The molecule has 1 atom stereocenters. The van der Waals surface area contributed by atoms with Gasteiger partial charge in [-0.2, -0.15) is 0 Å². The number of H-pyrrole nitrogens is 1. The minimum atomic E-state index is 0.0595. The summed E-state index contributed by atoms with van der Waals surface area (Å²) in [5.74, 6) is 0.402. The molecule has 2 heterocycles. The maximum Gasteiger partial charge on any atom is 0.231 e. The third-order valence-corrected chi connectivity index (χ3v) is 4.83. The molecule has 20 heavy (non-hydrogen) atoms. The number of fused-ring (bicyclic) bond motifs is 3. The van der Waals surface area contributed by atoms with E-state index >= 15 is 0 Å². The Kier molecular flexibility index (Phi) is 2.79. The lowest BCUT2D eigenvalue weighted by atomic mass is 9.86. The number of nitrogens with zero attached hydrogens (tertiary/aromatic N) is 1. The molecule has 1 aromatic heterocycles. The lowest BCUT2D eigenvalue weighted by Crippen LogP contribution is -2.34. The van der Waals surface area contributed by atoms with Crippen LogP contribution in [0.1, 0.15) is 42.9 Å². The SMILES string of the molecule is O=C(C1CCCc2c1[nH]c1ccccc21)N1CCCC1. The minimum absolute atomic E-state index is 0.0595. The number of aromatic amines is 1. The molecule has 0 spiro atoms. The zero-order chi connectivity index (χ0) is 13.5. The topological polar surface area (TPSA) is 36.1 Å². The first-order valence-corrected chi connectivity index (χ1v) is 7.73. The summed E-state index contributed by atoms with van der Waals surface area (Å²) in [6, 6.07) is 8.43. The molecule has 0 radical (unpaired) electrons. The molecule has 0 bridgehead atoms. The fourth-order valence-electron chi connectivity index (χ4n) is 3.82. The van der Waals surface area contributed by atoms with Gasteiger partial charge in [-0.05, 0) is 43.7 Å². The van der Waals surface area contributed by atoms with Crippen LogP contribution in [0.5, 0.6) is 0 Å². The molecule has 1 aliphatic carbocycles. The average molecular weight is 268 g/mol. The van der Waals surface area contributed by atoms with Crippen molar-refractivity contribution in [3.8, 4) is 0 Å². The molecule has 2 aromatic rings. The zero-order valence-corrected chi connectivity index (χ0v) is 11.7. The molecule has 1 unspecified atom stereocenters. The van der Waals surface area contributed by atoms with Crippen LogP contribution in [0.25, 0.3) is 10.9 Å². The number of aromatic nitrogens is 1. The predicted octanol–water partition coefficient (Wildman–Crippen LogP) is 3.21. The first-order valence-electron chi connectivity index (χ1n) is 7.73. The summed E-state index contributed by atoms with van der Waals surface area (Å²) in [5, 5.41) is 1.31. The third kappa shape index (κ3) is 1.76. The van der Waals surface area contributed by atoms with Crippen molar-refractivity contribution in [2.45, 2.75) is 38.0 Å². The fraction of sp³-hybridized carbons (Fsp3) is 0.471. The monoisotopic (exact) mass is 268 g/mol. The molecule has 1 N–H and O–H groups in total. The highest BCUT2D eigenvalue weighted by atomic mass is 16.2. The number of nitrogens with one attached hydrogen (secondary N) is 1. The molecule has 1 saturated heterocycles. The van der Waals surface area contributed by atoms with Crippen LogP contribution in [0.3, 0.4) is 0 Å². The Morgan fingerprint density at radius 3 is 2.80 bits per heavy atom. The van der Waals surface area contributed by atoms with Crippen molar-refractivity contribution in [2.24, 2.45) is 0 Å². The summed E-state index contributed by atoms with van der Waals surface area (Å²) < 4.78 is 0. The predicted molar refractivity (Wildman–Crippen MR) is 79.8 cm³/mol. The second-order valence-corrected chi connectivity index (χ2v) is 6.04. The summed E-state index contributed by atoms with van der Waals surface area (Å²) in [6.45, 7) is 1.90. The largest absolute Gasteiger partial charge is 0.357 e. The Bertz CT molecular complexity index is 652. The van der Waals surface area contributed by atoms with Gasteiger partial charge in [0, 0.05) is 29.7 Å². The first-order chi connectivity index (χ1) is 9.84. The van der Waals surface area contributed by atoms with Gasteiger partial charge in [0.15, 0.2) is 0 Å². The minimum Gasteiger partial charge on any atom is -0.357 e. The number of amides is 1. The van der Waals surface area contributed by atoms with Gasteiger partial charge in [0.25, 0.3) is 0 Å². The molecule has 0 saturated carbocycles. The van der Waals surface area contributed by atoms with Crippen LogP contribution in [0.4, 0.5) is 0 Å². The lowest BCUT2D eigenvalue weighted by molar-refractivity contribution is -0.132. The van der Waals surface area contributed by atoms with Gasteiger partial charge >= 0.3 is 0 Å². The van der Waals surface area contributed by atoms with E-state index in [2.05, 4.69) is 34.1 Å². The molecule has 3 heteroatoms. The van der Waals surface area contributed by atoms with E-state index < -0.39 is 0 Å². The van der Waals surface area contributed by atoms with Crippen molar-refractivity contribution in [3.05, 3.63) is 35.5 Å². The number of likely N-dealkylation sites (tertiary alicyclic amines) is 1. The van der Waals surface area contributed by atoms with E-state index in [4.69, 9.17) is 0 Å². The summed E-state index contributed by atoms with van der Waals surface area (Å²) in [6.07, 6.45) is 5.55. The highest BCUT2D eigenvalue weighted by Gasteiger charge is 2.33. The molecule has 1 aliphatic heterocycles. The van der Waals surface area contributed by atoms with Crippen LogP contribution in [-0.4, -0.2) is 28.9 Å². The second kappa shape index (κ2) is 4.65. The van der Waals surface area contributed by atoms with Gasteiger partial charge < -0.3 is 9.88 Å². The fourth-order valence-corrected chi connectivity index (χ4v) is 3.82. The molecule has 2 aliphatic rings. The Hall–Kier alpha value is -1.77. The zero-order valence-electron chi connectivity index (χ0n) is 11.7. The van der Waals surface area contributed by atoms with Crippen LogP contribution < -0.4 is 0 Å². The Labute approximate surface area is 119 Å². The first kappa shape index (κ1) is 12.0. The van der Waals surface area contributed by atoms with Gasteiger partial charge in [0.2, 0.25) is 5.91 Å². The molecule has 1 amide bonds. The van der Waals surface area contributed by atoms with E-state index in [-0.39, 0.29) is 5.92 Å². The number of para-hydroxylation sites is 1. The molecule has 3 nitrogen and oxygen atoms in total. The van der Waals surface area contributed by atoms with Crippen LogP contribution in [-0.2, 0) is 11.2 Å². The van der Waals surface area contributed by atoms with Gasteiger partial charge in [0.1, 0.15) is 0 Å². The quantitative estimate of drug-likeness (QED) is 0.847. The summed E-state index contributed by atoms with van der Waals surface area (Å²) in [7, 11) is 0. The number of hydrogen-bond acceptors (Lipinski definition) is 1. The van der Waals surface area contributed by atoms with E-state index in [9.17, 15) is 4.79 Å². The number of benzene rings is 1.